The van der Waals surface area contributed by atoms with E-state index in [-0.39, 0.29) is 5.82 Å². The third-order valence-electron chi connectivity index (χ3n) is 1.51. The van der Waals surface area contributed by atoms with E-state index < -0.39 is 0 Å². The molecule has 0 unspecified atom stereocenters. The highest BCUT2D eigenvalue weighted by molar-refractivity contribution is 6.32. The summed E-state index contributed by atoms with van der Waals surface area (Å²) in [5.74, 6) is -0.240. The molecular weight excluding hydrogens is 175 g/mol. The maximum atomic E-state index is 12.7. The second-order valence-electron chi connectivity index (χ2n) is 2.30. The highest BCUT2D eigenvalue weighted by atomic mass is 35.5. The van der Waals surface area contributed by atoms with Crippen LogP contribution in [0.1, 0.15) is 25.0 Å². The van der Waals surface area contributed by atoms with Crippen LogP contribution in [-0.2, 0) is 0 Å². The van der Waals surface area contributed by atoms with Crippen LogP contribution in [-0.4, -0.2) is 0 Å². The lowest BCUT2D eigenvalue weighted by Crippen LogP contribution is -1.85. The van der Waals surface area contributed by atoms with E-state index in [1.165, 1.54) is 6.07 Å². The van der Waals surface area contributed by atoms with Gasteiger partial charge in [0.05, 0.1) is 0 Å². The smallest absolute Gasteiger partial charge is 0.127 e. The van der Waals surface area contributed by atoms with Gasteiger partial charge in [-0.05, 0) is 25.5 Å². The van der Waals surface area contributed by atoms with Crippen LogP contribution in [0.5, 0.6) is 0 Å². The number of halogens is 2. The van der Waals surface area contributed by atoms with E-state index in [2.05, 4.69) is 0 Å². The lowest BCUT2D eigenvalue weighted by Gasteiger charge is -2.01. The summed E-state index contributed by atoms with van der Waals surface area (Å²) in [5, 5.41) is 0.528. The highest BCUT2D eigenvalue weighted by Gasteiger charge is 2.02. The van der Waals surface area contributed by atoms with Gasteiger partial charge in [-0.3, -0.25) is 0 Å². The fraction of sp³-hybridized carbons (Fsp3) is 0.400. The molecule has 2 heteroatoms. The average Bonchev–Trinajstić information content (AvgIpc) is 2.12. The van der Waals surface area contributed by atoms with E-state index in [0.29, 0.717) is 10.6 Å². The summed E-state index contributed by atoms with van der Waals surface area (Å²) in [5.41, 5.74) is 1.45. The predicted octanol–water partition coefficient (Wildman–Crippen LogP) is 4.12. The second-order valence-corrected chi connectivity index (χ2v) is 2.68. The Morgan fingerprint density at radius 3 is 2.08 bits per heavy atom. The first kappa shape index (κ1) is 11.4. The van der Waals surface area contributed by atoms with Crippen LogP contribution >= 0.6 is 11.6 Å². The van der Waals surface area contributed by atoms with E-state index in [1.54, 1.807) is 13.0 Å². The van der Waals surface area contributed by atoms with Crippen LogP contribution in [0.4, 0.5) is 4.39 Å². The summed E-state index contributed by atoms with van der Waals surface area (Å²) in [6.07, 6.45) is 0. The minimum atomic E-state index is -0.240. The van der Waals surface area contributed by atoms with E-state index in [4.69, 9.17) is 11.6 Å². The fourth-order valence-electron chi connectivity index (χ4n) is 0.797. The summed E-state index contributed by atoms with van der Waals surface area (Å²) in [6.45, 7) is 7.53. The molecule has 0 N–H and O–H groups in total. The number of rotatable bonds is 0. The second kappa shape index (κ2) is 5.15. The van der Waals surface area contributed by atoms with Crippen LogP contribution in [0.2, 0.25) is 5.02 Å². The van der Waals surface area contributed by atoms with Crippen molar-refractivity contribution in [2.24, 2.45) is 0 Å². The lowest BCUT2D eigenvalue weighted by molar-refractivity contribution is 0.618. The van der Waals surface area contributed by atoms with Crippen LogP contribution in [0.15, 0.2) is 12.1 Å². The molecule has 0 radical (unpaired) electrons. The van der Waals surface area contributed by atoms with Crippen LogP contribution in [0.3, 0.4) is 0 Å². The minimum Gasteiger partial charge on any atom is -0.207 e. The van der Waals surface area contributed by atoms with Crippen molar-refractivity contribution < 1.29 is 4.39 Å². The van der Waals surface area contributed by atoms with E-state index in [9.17, 15) is 4.39 Å². The van der Waals surface area contributed by atoms with E-state index in [1.807, 2.05) is 20.8 Å². The summed E-state index contributed by atoms with van der Waals surface area (Å²) >= 11 is 5.74. The van der Waals surface area contributed by atoms with Crippen molar-refractivity contribution in [2.75, 3.05) is 0 Å². The molecule has 1 rings (SSSR count). The molecule has 0 amide bonds. The molecule has 0 spiro atoms. The van der Waals surface area contributed by atoms with Crippen LogP contribution < -0.4 is 0 Å². The molecule has 0 aliphatic heterocycles. The molecular formula is C10H14ClF. The number of aryl methyl sites for hydroxylation is 1. The Morgan fingerprint density at radius 2 is 1.67 bits per heavy atom. The number of benzene rings is 1. The SMILES string of the molecule is CC.Cc1ccc(F)c(C)c1Cl. The van der Waals surface area contributed by atoms with Crippen molar-refractivity contribution in [3.05, 3.63) is 34.1 Å². The quantitative estimate of drug-likeness (QED) is 0.575. The molecule has 0 atom stereocenters. The Bertz CT molecular complexity index is 229. The van der Waals surface area contributed by atoms with Crippen molar-refractivity contribution in [1.82, 2.24) is 0 Å². The molecule has 0 aromatic heterocycles. The van der Waals surface area contributed by atoms with Gasteiger partial charge in [0.25, 0.3) is 0 Å². The summed E-state index contributed by atoms with van der Waals surface area (Å²) in [7, 11) is 0. The zero-order valence-corrected chi connectivity index (χ0v) is 8.67. The van der Waals surface area contributed by atoms with Crippen molar-refractivity contribution in [2.45, 2.75) is 27.7 Å². The number of hydrogen-bond donors (Lipinski definition) is 0. The maximum Gasteiger partial charge on any atom is 0.127 e. The normalized spacial score (nSPS) is 8.83. The Morgan fingerprint density at radius 1 is 1.17 bits per heavy atom. The predicted molar refractivity (Wildman–Crippen MR) is 52.2 cm³/mol. The van der Waals surface area contributed by atoms with Crippen LogP contribution in [0, 0.1) is 19.7 Å². The molecule has 1 aromatic carbocycles. The molecule has 0 saturated carbocycles. The summed E-state index contributed by atoms with van der Waals surface area (Å²) in [4.78, 5) is 0. The largest absolute Gasteiger partial charge is 0.207 e. The molecule has 0 nitrogen and oxygen atoms in total. The van der Waals surface area contributed by atoms with Crippen LogP contribution in [0.25, 0.3) is 0 Å². The third-order valence-corrected chi connectivity index (χ3v) is 2.09. The van der Waals surface area contributed by atoms with Gasteiger partial charge in [-0.15, -0.1) is 0 Å². The first-order valence-electron chi connectivity index (χ1n) is 4.04. The van der Waals surface area contributed by atoms with Gasteiger partial charge in [0.15, 0.2) is 0 Å². The first-order chi connectivity index (χ1) is 5.63. The molecule has 0 aliphatic rings. The Balaban J connectivity index is 0.000000561. The van der Waals surface area contributed by atoms with Gasteiger partial charge in [-0.2, -0.15) is 0 Å². The van der Waals surface area contributed by atoms with Gasteiger partial charge >= 0.3 is 0 Å². The topological polar surface area (TPSA) is 0 Å². The van der Waals surface area contributed by atoms with Gasteiger partial charge in [0.2, 0.25) is 0 Å². The van der Waals surface area contributed by atoms with E-state index >= 15 is 0 Å². The summed E-state index contributed by atoms with van der Waals surface area (Å²) < 4.78 is 12.7. The lowest BCUT2D eigenvalue weighted by atomic mass is 10.1. The third kappa shape index (κ3) is 2.49. The van der Waals surface area contributed by atoms with Gasteiger partial charge in [0.1, 0.15) is 5.82 Å². The molecule has 0 bridgehead atoms. The van der Waals surface area contributed by atoms with E-state index in [0.717, 1.165) is 5.56 Å². The molecule has 0 aliphatic carbocycles. The highest BCUT2D eigenvalue weighted by Crippen LogP contribution is 2.21. The Kier molecular flexibility index (Phi) is 4.91. The molecule has 68 valence electrons. The molecule has 0 fully saturated rings. The zero-order valence-electron chi connectivity index (χ0n) is 7.91. The fourth-order valence-corrected chi connectivity index (χ4v) is 0.950. The maximum absolute atomic E-state index is 12.7. The Labute approximate surface area is 78.4 Å². The monoisotopic (exact) mass is 188 g/mol. The zero-order chi connectivity index (χ0) is 9.72. The average molecular weight is 189 g/mol. The first-order valence-corrected chi connectivity index (χ1v) is 4.42. The Hall–Kier alpha value is -0.560. The van der Waals surface area contributed by atoms with Crippen molar-refractivity contribution in [1.29, 1.82) is 0 Å². The molecule has 12 heavy (non-hydrogen) atoms. The number of hydrogen-bond acceptors (Lipinski definition) is 0. The van der Waals surface area contributed by atoms with Crippen molar-refractivity contribution in [3.8, 4) is 0 Å². The molecule has 0 saturated heterocycles. The molecule has 1 aromatic rings. The van der Waals surface area contributed by atoms with Crippen molar-refractivity contribution >= 4 is 11.6 Å². The summed E-state index contributed by atoms with van der Waals surface area (Å²) in [6, 6.07) is 3.10. The molecule has 0 heterocycles. The van der Waals surface area contributed by atoms with Gasteiger partial charge in [0, 0.05) is 10.6 Å². The standard InChI is InChI=1S/C8H8ClF.C2H6/c1-5-3-4-7(10)6(2)8(5)9;1-2/h3-4H,1-2H3;1-2H3. The van der Waals surface area contributed by atoms with Crippen molar-refractivity contribution in [3.63, 3.8) is 0 Å². The van der Waals surface area contributed by atoms with Gasteiger partial charge in [-0.25, -0.2) is 4.39 Å². The van der Waals surface area contributed by atoms with Gasteiger partial charge in [-0.1, -0.05) is 31.5 Å². The van der Waals surface area contributed by atoms with Gasteiger partial charge < -0.3 is 0 Å². The minimum absolute atomic E-state index is 0.240.